The minimum Gasteiger partial charge on any atom is -0.354 e. The molecule has 1 aliphatic heterocycles. The van der Waals surface area contributed by atoms with Gasteiger partial charge in [-0.3, -0.25) is 9.59 Å². The predicted octanol–water partition coefficient (Wildman–Crippen LogP) is 1.93. The lowest BCUT2D eigenvalue weighted by Crippen LogP contribution is -2.41. The van der Waals surface area contributed by atoms with E-state index in [4.69, 9.17) is 0 Å². The van der Waals surface area contributed by atoms with E-state index in [1.165, 1.54) is 19.1 Å². The van der Waals surface area contributed by atoms with Gasteiger partial charge in [0.05, 0.1) is 11.6 Å². The highest BCUT2D eigenvalue weighted by Crippen LogP contribution is 2.29. The maximum atomic E-state index is 12.5. The molecule has 1 aromatic rings. The van der Waals surface area contributed by atoms with Crippen molar-refractivity contribution in [2.75, 3.05) is 13.1 Å². The standard InChI is InChI=1S/C16H19F3N2O2/c1-10(22)12-8-14(21-9-12)15(23)20-7-6-11-2-4-13(5-3-11)16(17,18)19/h2-5,12,14,21H,6-9H2,1H3,(H,20,23). The fraction of sp³-hybridized carbons (Fsp3) is 0.500. The van der Waals surface area contributed by atoms with Crippen molar-refractivity contribution < 1.29 is 22.8 Å². The molecule has 126 valence electrons. The highest BCUT2D eigenvalue weighted by molar-refractivity contribution is 5.85. The number of hydrogen-bond donors (Lipinski definition) is 2. The van der Waals surface area contributed by atoms with Crippen LogP contribution in [0.5, 0.6) is 0 Å². The molecule has 0 aliphatic carbocycles. The van der Waals surface area contributed by atoms with Gasteiger partial charge >= 0.3 is 6.18 Å². The van der Waals surface area contributed by atoms with Crippen LogP contribution in [-0.2, 0) is 22.2 Å². The third kappa shape index (κ3) is 4.79. The normalized spacial score (nSPS) is 21.2. The Kier molecular flexibility index (Phi) is 5.41. The van der Waals surface area contributed by atoms with Crippen molar-refractivity contribution in [2.24, 2.45) is 5.92 Å². The zero-order valence-electron chi connectivity index (χ0n) is 12.7. The maximum absolute atomic E-state index is 12.5. The first kappa shape index (κ1) is 17.5. The second-order valence-corrected chi connectivity index (χ2v) is 5.74. The third-order valence-electron chi connectivity index (χ3n) is 4.02. The lowest BCUT2D eigenvalue weighted by atomic mass is 10.0. The van der Waals surface area contributed by atoms with Gasteiger partial charge in [0, 0.05) is 19.0 Å². The number of amides is 1. The van der Waals surface area contributed by atoms with Crippen LogP contribution in [0, 0.1) is 5.92 Å². The number of alkyl halides is 3. The molecule has 1 fully saturated rings. The average Bonchev–Trinajstić information content (AvgIpc) is 2.97. The summed E-state index contributed by atoms with van der Waals surface area (Å²) in [4.78, 5) is 23.2. The molecule has 2 atom stereocenters. The summed E-state index contributed by atoms with van der Waals surface area (Å²) in [5.41, 5.74) is 0.0370. The van der Waals surface area contributed by atoms with Gasteiger partial charge in [0.25, 0.3) is 0 Å². The summed E-state index contributed by atoms with van der Waals surface area (Å²) in [5.74, 6) is -0.237. The third-order valence-corrected chi connectivity index (χ3v) is 4.02. The van der Waals surface area contributed by atoms with E-state index in [2.05, 4.69) is 10.6 Å². The van der Waals surface area contributed by atoms with Crippen LogP contribution in [-0.4, -0.2) is 30.8 Å². The first-order valence-corrected chi connectivity index (χ1v) is 7.45. The van der Waals surface area contributed by atoms with Crippen LogP contribution >= 0.6 is 0 Å². The first-order valence-electron chi connectivity index (χ1n) is 7.45. The molecular weight excluding hydrogens is 309 g/mol. The van der Waals surface area contributed by atoms with Gasteiger partial charge in [0.15, 0.2) is 0 Å². The Morgan fingerprint density at radius 1 is 1.26 bits per heavy atom. The van der Waals surface area contributed by atoms with Crippen molar-refractivity contribution >= 4 is 11.7 Å². The van der Waals surface area contributed by atoms with E-state index in [9.17, 15) is 22.8 Å². The van der Waals surface area contributed by atoms with Crippen LogP contribution in [0.4, 0.5) is 13.2 Å². The van der Waals surface area contributed by atoms with Crippen molar-refractivity contribution in [1.82, 2.24) is 10.6 Å². The molecule has 2 unspecified atom stereocenters. The summed E-state index contributed by atoms with van der Waals surface area (Å²) >= 11 is 0. The molecule has 1 aliphatic rings. The number of carbonyl (C=O) groups is 2. The highest BCUT2D eigenvalue weighted by atomic mass is 19.4. The summed E-state index contributed by atoms with van der Waals surface area (Å²) < 4.78 is 37.4. The van der Waals surface area contributed by atoms with Gasteiger partial charge in [-0.05, 0) is 37.5 Å². The van der Waals surface area contributed by atoms with Gasteiger partial charge in [-0.15, -0.1) is 0 Å². The Morgan fingerprint density at radius 2 is 1.91 bits per heavy atom. The largest absolute Gasteiger partial charge is 0.416 e. The number of rotatable bonds is 5. The molecule has 0 spiro atoms. The number of benzene rings is 1. The molecule has 2 N–H and O–H groups in total. The van der Waals surface area contributed by atoms with E-state index < -0.39 is 11.7 Å². The molecule has 1 heterocycles. The van der Waals surface area contributed by atoms with Crippen molar-refractivity contribution in [1.29, 1.82) is 0 Å². The zero-order valence-corrected chi connectivity index (χ0v) is 12.7. The van der Waals surface area contributed by atoms with Crippen LogP contribution in [0.1, 0.15) is 24.5 Å². The fourth-order valence-corrected chi connectivity index (χ4v) is 2.56. The number of Topliss-reactive ketones (excluding diaryl/α,β-unsaturated/α-hetero) is 1. The Bertz CT molecular complexity index is 570. The van der Waals surface area contributed by atoms with E-state index in [1.807, 2.05) is 0 Å². The lowest BCUT2D eigenvalue weighted by molar-refractivity contribution is -0.137. The molecule has 1 amide bonds. The highest BCUT2D eigenvalue weighted by Gasteiger charge is 2.31. The van der Waals surface area contributed by atoms with E-state index >= 15 is 0 Å². The first-order chi connectivity index (χ1) is 10.8. The average molecular weight is 328 g/mol. The fourth-order valence-electron chi connectivity index (χ4n) is 2.56. The van der Waals surface area contributed by atoms with Crippen LogP contribution in [0.15, 0.2) is 24.3 Å². The topological polar surface area (TPSA) is 58.2 Å². The molecule has 23 heavy (non-hydrogen) atoms. The Balaban J connectivity index is 1.77. The van der Waals surface area contributed by atoms with Crippen molar-refractivity contribution in [3.63, 3.8) is 0 Å². The number of carbonyl (C=O) groups excluding carboxylic acids is 2. The number of ketones is 1. The van der Waals surface area contributed by atoms with Crippen LogP contribution < -0.4 is 10.6 Å². The molecule has 2 rings (SSSR count). The van der Waals surface area contributed by atoms with Crippen LogP contribution in [0.25, 0.3) is 0 Å². The minimum absolute atomic E-state index is 0.0672. The van der Waals surface area contributed by atoms with Crippen molar-refractivity contribution in [3.8, 4) is 0 Å². The summed E-state index contributed by atoms with van der Waals surface area (Å²) in [5, 5.41) is 5.75. The molecule has 0 aromatic heterocycles. The zero-order chi connectivity index (χ0) is 17.0. The van der Waals surface area contributed by atoms with E-state index in [-0.39, 0.29) is 23.7 Å². The van der Waals surface area contributed by atoms with Crippen molar-refractivity contribution in [2.45, 2.75) is 32.0 Å². The van der Waals surface area contributed by atoms with Gasteiger partial charge in [-0.25, -0.2) is 0 Å². The molecule has 7 heteroatoms. The molecule has 1 saturated heterocycles. The summed E-state index contributed by atoms with van der Waals surface area (Å²) in [6.45, 7) is 2.36. The smallest absolute Gasteiger partial charge is 0.354 e. The second kappa shape index (κ2) is 7.12. The van der Waals surface area contributed by atoms with Gasteiger partial charge in [0.1, 0.15) is 5.78 Å². The van der Waals surface area contributed by atoms with E-state index in [0.717, 1.165) is 17.7 Å². The number of halogens is 3. The van der Waals surface area contributed by atoms with Gasteiger partial charge in [-0.2, -0.15) is 13.2 Å². The summed E-state index contributed by atoms with van der Waals surface area (Å²) in [6, 6.07) is 4.51. The second-order valence-electron chi connectivity index (χ2n) is 5.74. The summed E-state index contributed by atoms with van der Waals surface area (Å²) in [6.07, 6.45) is -3.40. The predicted molar refractivity (Wildman–Crippen MR) is 78.7 cm³/mol. The van der Waals surface area contributed by atoms with Gasteiger partial charge in [0.2, 0.25) is 5.91 Å². The maximum Gasteiger partial charge on any atom is 0.416 e. The molecule has 0 saturated carbocycles. The minimum atomic E-state index is -4.34. The van der Waals surface area contributed by atoms with Gasteiger partial charge in [-0.1, -0.05) is 12.1 Å². The SMILES string of the molecule is CC(=O)C1CNC(C(=O)NCCc2ccc(C(F)(F)F)cc2)C1. The molecular formula is C16H19F3N2O2. The molecule has 0 bridgehead atoms. The van der Waals surface area contributed by atoms with Crippen LogP contribution in [0.2, 0.25) is 0 Å². The quantitative estimate of drug-likeness (QED) is 0.868. The Hall–Kier alpha value is -1.89. The molecule has 1 aromatic carbocycles. The van der Waals surface area contributed by atoms with Crippen LogP contribution in [0.3, 0.4) is 0 Å². The summed E-state index contributed by atoms with van der Waals surface area (Å²) in [7, 11) is 0. The molecule has 4 nitrogen and oxygen atoms in total. The molecule has 0 radical (unpaired) electrons. The van der Waals surface area contributed by atoms with Gasteiger partial charge < -0.3 is 10.6 Å². The van der Waals surface area contributed by atoms with Crippen molar-refractivity contribution in [3.05, 3.63) is 35.4 Å². The number of nitrogens with one attached hydrogen (secondary N) is 2. The van der Waals surface area contributed by atoms with E-state index in [1.54, 1.807) is 0 Å². The lowest BCUT2D eigenvalue weighted by Gasteiger charge is -2.12. The number of hydrogen-bond acceptors (Lipinski definition) is 3. The van der Waals surface area contributed by atoms with E-state index in [0.29, 0.717) is 25.9 Å². The monoisotopic (exact) mass is 328 g/mol. The Morgan fingerprint density at radius 3 is 2.43 bits per heavy atom. The Labute approximate surface area is 132 Å².